The van der Waals surface area contributed by atoms with Crippen LogP contribution in [0.3, 0.4) is 0 Å². The van der Waals surface area contributed by atoms with E-state index < -0.39 is 15.7 Å². The molecule has 0 radical (unpaired) electrons. The third-order valence-corrected chi connectivity index (χ3v) is 6.57. The summed E-state index contributed by atoms with van der Waals surface area (Å²) in [5.41, 5.74) is 0.828. The summed E-state index contributed by atoms with van der Waals surface area (Å²) in [6, 6.07) is 11.4. The first kappa shape index (κ1) is 16.6. The van der Waals surface area contributed by atoms with Crippen molar-refractivity contribution in [1.29, 1.82) is 0 Å². The van der Waals surface area contributed by atoms with Crippen molar-refractivity contribution < 1.29 is 17.6 Å². The number of nitrogens with one attached hydrogen (secondary N) is 1. The van der Waals surface area contributed by atoms with Crippen LogP contribution in [0.15, 0.2) is 53.4 Å². The van der Waals surface area contributed by atoms with E-state index in [4.69, 9.17) is 0 Å². The van der Waals surface area contributed by atoms with Crippen LogP contribution in [0.4, 0.5) is 10.1 Å². The summed E-state index contributed by atoms with van der Waals surface area (Å²) in [7, 11) is -3.30. The number of hydrogen-bond donors (Lipinski definition) is 1. The zero-order valence-corrected chi connectivity index (χ0v) is 13.9. The SMILES string of the molecule is O=C(Nc1ccc(S(=O)(=O)C2CCCC2)cc1)c1ccc(F)cc1. The van der Waals surface area contributed by atoms with Gasteiger partial charge in [-0.3, -0.25) is 4.79 Å². The lowest BCUT2D eigenvalue weighted by Crippen LogP contribution is -2.18. The number of carbonyl (C=O) groups is 1. The number of sulfone groups is 1. The van der Waals surface area contributed by atoms with E-state index in [0.29, 0.717) is 24.1 Å². The number of hydrogen-bond acceptors (Lipinski definition) is 3. The van der Waals surface area contributed by atoms with Crippen molar-refractivity contribution in [3.63, 3.8) is 0 Å². The summed E-state index contributed by atoms with van der Waals surface area (Å²) in [6.45, 7) is 0. The number of amides is 1. The Bertz CT molecular complexity index is 824. The molecule has 24 heavy (non-hydrogen) atoms. The molecule has 0 spiro atoms. The first-order chi connectivity index (χ1) is 11.5. The summed E-state index contributed by atoms with van der Waals surface area (Å²) in [5.74, 6) is -0.783. The van der Waals surface area contributed by atoms with Crippen LogP contribution in [0.25, 0.3) is 0 Å². The fourth-order valence-electron chi connectivity index (χ4n) is 2.92. The van der Waals surface area contributed by atoms with Crippen molar-refractivity contribution in [2.45, 2.75) is 35.8 Å². The molecule has 2 aromatic carbocycles. The number of halogens is 1. The van der Waals surface area contributed by atoms with Gasteiger partial charge in [-0.15, -0.1) is 0 Å². The van der Waals surface area contributed by atoms with Gasteiger partial charge in [0.2, 0.25) is 0 Å². The van der Waals surface area contributed by atoms with Crippen LogP contribution in [0.1, 0.15) is 36.0 Å². The van der Waals surface area contributed by atoms with Gasteiger partial charge >= 0.3 is 0 Å². The van der Waals surface area contributed by atoms with Gasteiger partial charge in [0.15, 0.2) is 9.84 Å². The van der Waals surface area contributed by atoms with E-state index in [1.807, 2.05) is 0 Å². The molecule has 6 heteroatoms. The molecule has 1 aliphatic carbocycles. The molecule has 0 bridgehead atoms. The van der Waals surface area contributed by atoms with Crippen LogP contribution in [-0.4, -0.2) is 19.6 Å². The van der Waals surface area contributed by atoms with E-state index in [-0.39, 0.29) is 16.1 Å². The zero-order chi connectivity index (χ0) is 17.2. The Morgan fingerprint density at radius 1 is 0.958 bits per heavy atom. The Kier molecular flexibility index (Phi) is 4.66. The molecule has 126 valence electrons. The van der Waals surface area contributed by atoms with E-state index in [1.165, 1.54) is 36.4 Å². The van der Waals surface area contributed by atoms with Gasteiger partial charge in [0.05, 0.1) is 10.1 Å². The largest absolute Gasteiger partial charge is 0.322 e. The molecular formula is C18H18FNO3S. The summed E-state index contributed by atoms with van der Waals surface area (Å²) >= 11 is 0. The van der Waals surface area contributed by atoms with E-state index in [0.717, 1.165) is 12.8 Å². The molecule has 1 amide bonds. The van der Waals surface area contributed by atoms with Crippen LogP contribution in [-0.2, 0) is 9.84 Å². The van der Waals surface area contributed by atoms with Gasteiger partial charge in [0, 0.05) is 11.3 Å². The number of anilines is 1. The third-order valence-electron chi connectivity index (χ3n) is 4.29. The number of rotatable bonds is 4. The Morgan fingerprint density at radius 3 is 2.12 bits per heavy atom. The molecule has 1 N–H and O–H groups in total. The Hall–Kier alpha value is -2.21. The Labute approximate surface area is 140 Å². The van der Waals surface area contributed by atoms with Crippen LogP contribution < -0.4 is 5.32 Å². The molecule has 4 nitrogen and oxygen atoms in total. The lowest BCUT2D eigenvalue weighted by atomic mass is 10.2. The van der Waals surface area contributed by atoms with Gasteiger partial charge in [-0.25, -0.2) is 12.8 Å². The average Bonchev–Trinajstić information content (AvgIpc) is 3.11. The van der Waals surface area contributed by atoms with E-state index in [9.17, 15) is 17.6 Å². The quantitative estimate of drug-likeness (QED) is 0.915. The molecule has 0 aliphatic heterocycles. The topological polar surface area (TPSA) is 63.2 Å². The maximum absolute atomic E-state index is 12.9. The number of benzene rings is 2. The third kappa shape index (κ3) is 3.48. The van der Waals surface area contributed by atoms with Crippen molar-refractivity contribution >= 4 is 21.4 Å². The maximum atomic E-state index is 12.9. The highest BCUT2D eigenvalue weighted by Gasteiger charge is 2.30. The highest BCUT2D eigenvalue weighted by atomic mass is 32.2. The van der Waals surface area contributed by atoms with Crippen LogP contribution in [0, 0.1) is 5.82 Å². The second kappa shape index (κ2) is 6.73. The minimum Gasteiger partial charge on any atom is -0.322 e. The van der Waals surface area contributed by atoms with Crippen LogP contribution in [0.2, 0.25) is 0 Å². The van der Waals surface area contributed by atoms with Gasteiger partial charge < -0.3 is 5.32 Å². The summed E-state index contributed by atoms with van der Waals surface area (Å²) in [5, 5.41) is 2.38. The zero-order valence-electron chi connectivity index (χ0n) is 13.0. The van der Waals surface area contributed by atoms with Crippen LogP contribution >= 0.6 is 0 Å². The van der Waals surface area contributed by atoms with Gasteiger partial charge in [-0.2, -0.15) is 0 Å². The predicted molar refractivity (Wildman–Crippen MR) is 90.2 cm³/mol. The lowest BCUT2D eigenvalue weighted by Gasteiger charge is -2.12. The first-order valence-corrected chi connectivity index (χ1v) is 9.42. The molecule has 1 fully saturated rings. The molecule has 0 aromatic heterocycles. The van der Waals surface area contributed by atoms with Crippen molar-refractivity contribution in [2.75, 3.05) is 5.32 Å². The molecule has 3 rings (SSSR count). The summed E-state index contributed by atoms with van der Waals surface area (Å²) in [4.78, 5) is 12.4. The Balaban J connectivity index is 1.72. The van der Waals surface area contributed by atoms with E-state index in [1.54, 1.807) is 12.1 Å². The highest BCUT2D eigenvalue weighted by molar-refractivity contribution is 7.92. The average molecular weight is 347 g/mol. The highest BCUT2D eigenvalue weighted by Crippen LogP contribution is 2.30. The minimum absolute atomic E-state index is 0.286. The van der Waals surface area contributed by atoms with Crippen molar-refractivity contribution in [3.8, 4) is 0 Å². The molecule has 0 unspecified atom stereocenters. The maximum Gasteiger partial charge on any atom is 0.255 e. The lowest BCUT2D eigenvalue weighted by molar-refractivity contribution is 0.102. The first-order valence-electron chi connectivity index (χ1n) is 7.88. The van der Waals surface area contributed by atoms with Gasteiger partial charge in [0.1, 0.15) is 5.82 Å². The molecule has 0 saturated heterocycles. The van der Waals surface area contributed by atoms with Gasteiger partial charge in [-0.1, -0.05) is 12.8 Å². The fourth-order valence-corrected chi connectivity index (χ4v) is 4.78. The van der Waals surface area contributed by atoms with Crippen LogP contribution in [0.5, 0.6) is 0 Å². The molecule has 0 heterocycles. The van der Waals surface area contributed by atoms with E-state index in [2.05, 4.69) is 5.32 Å². The van der Waals surface area contributed by atoms with Gasteiger partial charge in [0.25, 0.3) is 5.91 Å². The van der Waals surface area contributed by atoms with Gasteiger partial charge in [-0.05, 0) is 61.4 Å². The molecule has 0 atom stereocenters. The molecule has 1 aliphatic rings. The molecular weight excluding hydrogens is 329 g/mol. The molecule has 2 aromatic rings. The smallest absolute Gasteiger partial charge is 0.255 e. The predicted octanol–water partition coefficient (Wildman–Crippen LogP) is 3.79. The van der Waals surface area contributed by atoms with Crippen molar-refractivity contribution in [2.24, 2.45) is 0 Å². The monoisotopic (exact) mass is 347 g/mol. The van der Waals surface area contributed by atoms with E-state index >= 15 is 0 Å². The second-order valence-electron chi connectivity index (χ2n) is 5.94. The Morgan fingerprint density at radius 2 is 1.54 bits per heavy atom. The van der Waals surface area contributed by atoms with Crippen molar-refractivity contribution in [3.05, 3.63) is 59.9 Å². The minimum atomic E-state index is -3.30. The number of carbonyl (C=O) groups excluding carboxylic acids is 1. The normalized spacial score (nSPS) is 15.4. The molecule has 1 saturated carbocycles. The second-order valence-corrected chi connectivity index (χ2v) is 8.16. The summed E-state index contributed by atoms with van der Waals surface area (Å²) in [6.07, 6.45) is 3.34. The fraction of sp³-hybridized carbons (Fsp3) is 0.278. The standard InChI is InChI=1S/C18H18FNO3S/c19-14-7-5-13(6-8-14)18(21)20-15-9-11-17(12-10-15)24(22,23)16-3-1-2-4-16/h5-12,16H,1-4H2,(H,20,21). The summed E-state index contributed by atoms with van der Waals surface area (Å²) < 4.78 is 37.9. The van der Waals surface area contributed by atoms with Crippen molar-refractivity contribution in [1.82, 2.24) is 0 Å².